The molecule has 2 aromatic rings. The van der Waals surface area contributed by atoms with Crippen molar-refractivity contribution in [1.82, 2.24) is 5.32 Å². The van der Waals surface area contributed by atoms with Gasteiger partial charge in [0.15, 0.2) is 0 Å². The van der Waals surface area contributed by atoms with E-state index in [2.05, 4.69) is 17.4 Å². The molecule has 1 heterocycles. The van der Waals surface area contributed by atoms with Gasteiger partial charge in [-0.05, 0) is 37.0 Å². The number of carbonyl (C=O) groups excluding carboxylic acids is 2. The number of nitrogens with zero attached hydrogens (tertiary/aromatic N) is 1. The molecule has 1 saturated heterocycles. The van der Waals surface area contributed by atoms with E-state index < -0.39 is 6.04 Å². The van der Waals surface area contributed by atoms with E-state index in [1.807, 2.05) is 48.5 Å². The van der Waals surface area contributed by atoms with Gasteiger partial charge in [-0.1, -0.05) is 48.5 Å². The number of hydrogen-bond acceptors (Lipinski definition) is 2. The summed E-state index contributed by atoms with van der Waals surface area (Å²) in [7, 11) is 0. The number of hydrogen-bond donors (Lipinski definition) is 1. The third kappa shape index (κ3) is 4.02. The van der Waals surface area contributed by atoms with Crippen molar-refractivity contribution in [3.05, 3.63) is 66.2 Å². The molecule has 24 heavy (non-hydrogen) atoms. The summed E-state index contributed by atoms with van der Waals surface area (Å²) in [4.78, 5) is 26.3. The first-order valence-corrected chi connectivity index (χ1v) is 8.44. The summed E-state index contributed by atoms with van der Waals surface area (Å²) in [6.07, 6.45) is 2.78. The van der Waals surface area contributed by atoms with E-state index in [-0.39, 0.29) is 11.8 Å². The fourth-order valence-corrected chi connectivity index (χ4v) is 3.04. The molecule has 0 spiro atoms. The highest BCUT2D eigenvalue weighted by Gasteiger charge is 2.33. The normalized spacial score (nSPS) is 17.1. The molecule has 0 saturated carbocycles. The van der Waals surface area contributed by atoms with Crippen molar-refractivity contribution in [3.63, 3.8) is 0 Å². The lowest BCUT2D eigenvalue weighted by molar-refractivity contribution is -0.126. The molecular weight excluding hydrogens is 300 g/mol. The summed E-state index contributed by atoms with van der Waals surface area (Å²) in [5, 5.41) is 2.88. The Morgan fingerprint density at radius 2 is 1.71 bits per heavy atom. The number of anilines is 1. The summed E-state index contributed by atoms with van der Waals surface area (Å²) in [6.45, 7) is 0.651. The van der Waals surface area contributed by atoms with E-state index in [0.717, 1.165) is 18.5 Å². The predicted molar refractivity (Wildman–Crippen MR) is 94.7 cm³/mol. The van der Waals surface area contributed by atoms with Gasteiger partial charge in [-0.25, -0.2) is 0 Å². The summed E-state index contributed by atoms with van der Waals surface area (Å²) in [5.41, 5.74) is 2.13. The van der Waals surface area contributed by atoms with Crippen LogP contribution < -0.4 is 10.2 Å². The average Bonchev–Trinajstić information content (AvgIpc) is 2.97. The van der Waals surface area contributed by atoms with Gasteiger partial charge in [-0.3, -0.25) is 9.59 Å². The van der Waals surface area contributed by atoms with Gasteiger partial charge in [0.2, 0.25) is 11.8 Å². The summed E-state index contributed by atoms with van der Waals surface area (Å²) < 4.78 is 0. The number of nitrogens with one attached hydrogen (secondary N) is 1. The number of para-hydroxylation sites is 1. The van der Waals surface area contributed by atoms with Crippen LogP contribution >= 0.6 is 0 Å². The van der Waals surface area contributed by atoms with Crippen LogP contribution in [0.2, 0.25) is 0 Å². The molecule has 1 fully saturated rings. The zero-order valence-electron chi connectivity index (χ0n) is 13.7. The third-order valence-electron chi connectivity index (χ3n) is 4.32. The molecule has 0 radical (unpaired) electrons. The Balaban J connectivity index is 1.46. The van der Waals surface area contributed by atoms with Crippen molar-refractivity contribution in [1.29, 1.82) is 0 Å². The molecule has 4 nitrogen and oxygen atoms in total. The first kappa shape index (κ1) is 16.2. The quantitative estimate of drug-likeness (QED) is 0.889. The maximum Gasteiger partial charge on any atom is 0.249 e. The monoisotopic (exact) mass is 322 g/mol. The highest BCUT2D eigenvalue weighted by atomic mass is 16.2. The van der Waals surface area contributed by atoms with Crippen LogP contribution in [0.3, 0.4) is 0 Å². The fraction of sp³-hybridized carbons (Fsp3) is 0.300. The minimum Gasteiger partial charge on any atom is -0.344 e. The van der Waals surface area contributed by atoms with E-state index in [9.17, 15) is 9.59 Å². The minimum absolute atomic E-state index is 0.0161. The molecule has 0 aromatic heterocycles. The second-order valence-corrected chi connectivity index (χ2v) is 6.07. The van der Waals surface area contributed by atoms with E-state index in [4.69, 9.17) is 0 Å². The number of rotatable bonds is 6. The van der Waals surface area contributed by atoms with Crippen LogP contribution in [0.25, 0.3) is 0 Å². The molecule has 3 rings (SSSR count). The number of benzene rings is 2. The van der Waals surface area contributed by atoms with Crippen molar-refractivity contribution in [2.75, 3.05) is 11.4 Å². The molecule has 0 unspecified atom stereocenters. The van der Waals surface area contributed by atoms with Crippen molar-refractivity contribution >= 4 is 17.5 Å². The Kier molecular flexibility index (Phi) is 5.26. The molecule has 2 aromatic carbocycles. The maximum atomic E-state index is 12.4. The molecular formula is C20H22N2O2. The van der Waals surface area contributed by atoms with Crippen LogP contribution in [0.5, 0.6) is 0 Å². The van der Waals surface area contributed by atoms with Gasteiger partial charge >= 0.3 is 0 Å². The number of amides is 2. The van der Waals surface area contributed by atoms with Gasteiger partial charge in [-0.2, -0.15) is 0 Å². The second kappa shape index (κ2) is 7.77. The number of aryl methyl sites for hydroxylation is 1. The molecule has 4 heteroatoms. The molecule has 0 aliphatic carbocycles. The first-order valence-electron chi connectivity index (χ1n) is 8.44. The van der Waals surface area contributed by atoms with Gasteiger partial charge < -0.3 is 10.2 Å². The molecule has 2 amide bonds. The fourth-order valence-electron chi connectivity index (χ4n) is 3.04. The Morgan fingerprint density at radius 1 is 1.04 bits per heavy atom. The lowest BCUT2D eigenvalue weighted by atomic mass is 10.1. The Bertz CT molecular complexity index is 685. The number of carbonyl (C=O) groups is 2. The molecule has 124 valence electrons. The maximum absolute atomic E-state index is 12.4. The molecule has 1 atom stereocenters. The molecule has 1 aliphatic rings. The highest BCUT2D eigenvalue weighted by Crippen LogP contribution is 2.21. The summed E-state index contributed by atoms with van der Waals surface area (Å²) in [6, 6.07) is 19.3. The minimum atomic E-state index is -0.394. The van der Waals surface area contributed by atoms with Gasteiger partial charge in [0.1, 0.15) is 6.04 Å². The Morgan fingerprint density at radius 3 is 2.42 bits per heavy atom. The van der Waals surface area contributed by atoms with Crippen LogP contribution in [0.4, 0.5) is 5.69 Å². The van der Waals surface area contributed by atoms with Gasteiger partial charge in [0.25, 0.3) is 0 Å². The average molecular weight is 322 g/mol. The Labute approximate surface area is 142 Å². The van der Waals surface area contributed by atoms with Gasteiger partial charge in [0, 0.05) is 18.7 Å². The topological polar surface area (TPSA) is 49.4 Å². The highest BCUT2D eigenvalue weighted by molar-refractivity contribution is 6.01. The van der Waals surface area contributed by atoms with Gasteiger partial charge in [-0.15, -0.1) is 0 Å². The van der Waals surface area contributed by atoms with Crippen LogP contribution in [-0.4, -0.2) is 24.4 Å². The standard InChI is InChI=1S/C20H22N2O2/c23-19(13-7-10-16-8-3-1-4-9-16)21-18-14-15-22(20(18)24)17-11-5-2-6-12-17/h1-6,8-9,11-12,18H,7,10,13-15H2,(H,21,23)/t18-/m1/s1. The van der Waals surface area contributed by atoms with Gasteiger partial charge in [0.05, 0.1) is 0 Å². The predicted octanol–water partition coefficient (Wildman–Crippen LogP) is 2.93. The van der Waals surface area contributed by atoms with Crippen molar-refractivity contribution in [2.45, 2.75) is 31.7 Å². The molecule has 1 aliphatic heterocycles. The van der Waals surface area contributed by atoms with Crippen molar-refractivity contribution in [2.24, 2.45) is 0 Å². The van der Waals surface area contributed by atoms with Crippen LogP contribution in [0, 0.1) is 0 Å². The zero-order valence-corrected chi connectivity index (χ0v) is 13.7. The lowest BCUT2D eigenvalue weighted by Crippen LogP contribution is -2.41. The van der Waals surface area contributed by atoms with Crippen LogP contribution in [0.15, 0.2) is 60.7 Å². The van der Waals surface area contributed by atoms with E-state index in [1.54, 1.807) is 4.90 Å². The Hall–Kier alpha value is -2.62. The third-order valence-corrected chi connectivity index (χ3v) is 4.32. The second-order valence-electron chi connectivity index (χ2n) is 6.07. The van der Waals surface area contributed by atoms with E-state index in [0.29, 0.717) is 19.4 Å². The smallest absolute Gasteiger partial charge is 0.249 e. The zero-order chi connectivity index (χ0) is 16.8. The molecule has 0 bridgehead atoms. The van der Waals surface area contributed by atoms with Crippen molar-refractivity contribution in [3.8, 4) is 0 Å². The largest absolute Gasteiger partial charge is 0.344 e. The van der Waals surface area contributed by atoms with Crippen LogP contribution in [-0.2, 0) is 16.0 Å². The van der Waals surface area contributed by atoms with E-state index in [1.165, 1.54) is 5.56 Å². The summed E-state index contributed by atoms with van der Waals surface area (Å²) >= 11 is 0. The molecule has 1 N–H and O–H groups in total. The SMILES string of the molecule is O=C(CCCc1ccccc1)N[C@@H]1CCN(c2ccccc2)C1=O. The van der Waals surface area contributed by atoms with Crippen molar-refractivity contribution < 1.29 is 9.59 Å². The van der Waals surface area contributed by atoms with E-state index >= 15 is 0 Å². The van der Waals surface area contributed by atoms with Crippen LogP contribution in [0.1, 0.15) is 24.8 Å². The first-order chi connectivity index (χ1) is 11.7. The summed E-state index contributed by atoms with van der Waals surface area (Å²) in [5.74, 6) is -0.0585. The lowest BCUT2D eigenvalue weighted by Gasteiger charge is -2.17.